The van der Waals surface area contributed by atoms with E-state index in [2.05, 4.69) is 15.5 Å². The molecule has 0 unspecified atom stereocenters. The SMILES string of the molecule is COc1ccc(-c2nnc(CNCCc3ccc(Cl)cc3Cl)o2)cc1. The van der Waals surface area contributed by atoms with Gasteiger partial charge in [0, 0.05) is 15.6 Å². The second-order valence-electron chi connectivity index (χ2n) is 5.39. The largest absolute Gasteiger partial charge is 0.497 e. The van der Waals surface area contributed by atoms with Crippen LogP contribution in [0.25, 0.3) is 11.5 Å². The summed E-state index contributed by atoms with van der Waals surface area (Å²) in [5.41, 5.74) is 1.90. The summed E-state index contributed by atoms with van der Waals surface area (Å²) >= 11 is 12.0. The highest BCUT2D eigenvalue weighted by molar-refractivity contribution is 6.35. The van der Waals surface area contributed by atoms with Gasteiger partial charge in [0.05, 0.1) is 13.7 Å². The van der Waals surface area contributed by atoms with Crippen LogP contribution in [0.15, 0.2) is 46.9 Å². The Hall–Kier alpha value is -2.08. The topological polar surface area (TPSA) is 60.2 Å². The first kappa shape index (κ1) is 17.7. The number of ether oxygens (including phenoxy) is 1. The quantitative estimate of drug-likeness (QED) is 0.618. The van der Waals surface area contributed by atoms with Crippen molar-refractivity contribution < 1.29 is 9.15 Å². The van der Waals surface area contributed by atoms with E-state index in [1.54, 1.807) is 13.2 Å². The molecule has 0 saturated heterocycles. The Morgan fingerprint density at radius 2 is 1.88 bits per heavy atom. The van der Waals surface area contributed by atoms with Crippen LogP contribution in [-0.2, 0) is 13.0 Å². The molecule has 5 nitrogen and oxygen atoms in total. The molecule has 0 amide bonds. The minimum Gasteiger partial charge on any atom is -0.497 e. The predicted molar refractivity (Wildman–Crippen MR) is 98.2 cm³/mol. The zero-order valence-electron chi connectivity index (χ0n) is 13.6. The Balaban J connectivity index is 1.51. The van der Waals surface area contributed by atoms with E-state index in [-0.39, 0.29) is 0 Å². The van der Waals surface area contributed by atoms with Gasteiger partial charge in [-0.3, -0.25) is 0 Å². The van der Waals surface area contributed by atoms with Crippen LogP contribution in [0.3, 0.4) is 0 Å². The second kappa shape index (κ2) is 8.34. The lowest BCUT2D eigenvalue weighted by Crippen LogP contribution is -2.17. The standard InChI is InChI=1S/C18H17Cl2N3O2/c1-24-15-6-3-13(4-7-15)18-23-22-17(25-18)11-21-9-8-12-2-5-14(19)10-16(12)20/h2-7,10,21H,8-9,11H2,1H3. The molecule has 1 heterocycles. The number of hydrogen-bond donors (Lipinski definition) is 1. The molecule has 0 aliphatic heterocycles. The number of rotatable bonds is 7. The average Bonchev–Trinajstić information content (AvgIpc) is 3.09. The first-order valence-corrected chi connectivity index (χ1v) is 8.53. The number of methoxy groups -OCH3 is 1. The maximum atomic E-state index is 6.16. The summed E-state index contributed by atoms with van der Waals surface area (Å²) < 4.78 is 10.8. The summed E-state index contributed by atoms with van der Waals surface area (Å²) in [6.07, 6.45) is 0.787. The fourth-order valence-corrected chi connectivity index (χ4v) is 2.82. The van der Waals surface area contributed by atoms with Gasteiger partial charge in [0.15, 0.2) is 0 Å². The van der Waals surface area contributed by atoms with E-state index in [1.165, 1.54) is 0 Å². The summed E-state index contributed by atoms with van der Waals surface area (Å²) in [5.74, 6) is 1.80. The zero-order chi connectivity index (χ0) is 17.6. The lowest BCUT2D eigenvalue weighted by atomic mass is 10.1. The summed E-state index contributed by atoms with van der Waals surface area (Å²) in [5, 5.41) is 12.7. The number of nitrogens with one attached hydrogen (secondary N) is 1. The van der Waals surface area contributed by atoms with E-state index >= 15 is 0 Å². The zero-order valence-corrected chi connectivity index (χ0v) is 15.1. The average molecular weight is 378 g/mol. The third-order valence-electron chi connectivity index (χ3n) is 3.67. The highest BCUT2D eigenvalue weighted by atomic mass is 35.5. The number of hydrogen-bond acceptors (Lipinski definition) is 5. The molecule has 7 heteroatoms. The third-order valence-corrected chi connectivity index (χ3v) is 4.25. The lowest BCUT2D eigenvalue weighted by molar-refractivity contribution is 0.415. The summed E-state index contributed by atoms with van der Waals surface area (Å²) in [7, 11) is 1.63. The number of nitrogens with zero attached hydrogens (tertiary/aromatic N) is 2. The molecule has 0 saturated carbocycles. The predicted octanol–water partition coefficient (Wildman–Crippen LogP) is 4.38. The van der Waals surface area contributed by atoms with E-state index in [1.807, 2.05) is 36.4 Å². The molecule has 1 aromatic heterocycles. The first-order chi connectivity index (χ1) is 12.2. The summed E-state index contributed by atoms with van der Waals surface area (Å²) in [4.78, 5) is 0. The molecule has 0 radical (unpaired) electrons. The Labute approximate surface area is 155 Å². The van der Waals surface area contributed by atoms with E-state index in [4.69, 9.17) is 32.4 Å². The fourth-order valence-electron chi connectivity index (χ4n) is 2.32. The maximum absolute atomic E-state index is 6.16. The minimum absolute atomic E-state index is 0.486. The molecule has 1 N–H and O–H groups in total. The molecule has 130 valence electrons. The number of aromatic nitrogens is 2. The fraction of sp³-hybridized carbons (Fsp3) is 0.222. The Kier molecular flexibility index (Phi) is 5.91. The Morgan fingerprint density at radius 3 is 2.60 bits per heavy atom. The number of halogens is 2. The van der Waals surface area contributed by atoms with Crippen molar-refractivity contribution in [1.82, 2.24) is 15.5 Å². The third kappa shape index (κ3) is 4.72. The molecule has 0 atom stereocenters. The molecule has 25 heavy (non-hydrogen) atoms. The van der Waals surface area contributed by atoms with Crippen molar-refractivity contribution in [3.63, 3.8) is 0 Å². The van der Waals surface area contributed by atoms with Gasteiger partial charge in [-0.25, -0.2) is 0 Å². The van der Waals surface area contributed by atoms with Crippen LogP contribution in [0.4, 0.5) is 0 Å². The van der Waals surface area contributed by atoms with Gasteiger partial charge in [0.1, 0.15) is 5.75 Å². The molecule has 0 aliphatic carbocycles. The van der Waals surface area contributed by atoms with E-state index in [0.717, 1.165) is 29.8 Å². The van der Waals surface area contributed by atoms with Crippen molar-refractivity contribution >= 4 is 23.2 Å². The van der Waals surface area contributed by atoms with Crippen molar-refractivity contribution in [2.24, 2.45) is 0 Å². The van der Waals surface area contributed by atoms with Crippen molar-refractivity contribution in [3.05, 3.63) is 64.0 Å². The first-order valence-electron chi connectivity index (χ1n) is 7.77. The minimum atomic E-state index is 0.486. The molecule has 0 aliphatic rings. The molecule has 3 rings (SSSR count). The van der Waals surface area contributed by atoms with Crippen LogP contribution in [-0.4, -0.2) is 23.9 Å². The van der Waals surface area contributed by atoms with Gasteiger partial charge in [-0.1, -0.05) is 29.3 Å². The molecule has 2 aromatic carbocycles. The molecule has 0 fully saturated rings. The summed E-state index contributed by atoms with van der Waals surface area (Å²) in [6, 6.07) is 13.0. The van der Waals surface area contributed by atoms with Gasteiger partial charge in [0.25, 0.3) is 0 Å². The summed E-state index contributed by atoms with van der Waals surface area (Å²) in [6.45, 7) is 1.23. The highest BCUT2D eigenvalue weighted by Crippen LogP contribution is 2.22. The molecule has 0 bridgehead atoms. The van der Waals surface area contributed by atoms with Crippen LogP contribution in [0.1, 0.15) is 11.5 Å². The monoisotopic (exact) mass is 377 g/mol. The van der Waals surface area contributed by atoms with Gasteiger partial charge < -0.3 is 14.5 Å². The van der Waals surface area contributed by atoms with Crippen molar-refractivity contribution in [1.29, 1.82) is 0 Å². The maximum Gasteiger partial charge on any atom is 0.247 e. The normalized spacial score (nSPS) is 10.8. The van der Waals surface area contributed by atoms with Crippen LogP contribution in [0.2, 0.25) is 10.0 Å². The van der Waals surface area contributed by atoms with Crippen LogP contribution < -0.4 is 10.1 Å². The van der Waals surface area contributed by atoms with Crippen LogP contribution in [0.5, 0.6) is 5.75 Å². The van der Waals surface area contributed by atoms with Crippen molar-refractivity contribution in [2.45, 2.75) is 13.0 Å². The molecule has 0 spiro atoms. The highest BCUT2D eigenvalue weighted by Gasteiger charge is 2.08. The van der Waals surface area contributed by atoms with Gasteiger partial charge in [-0.2, -0.15) is 0 Å². The van der Waals surface area contributed by atoms with Crippen LogP contribution in [0, 0.1) is 0 Å². The van der Waals surface area contributed by atoms with Gasteiger partial charge in [-0.15, -0.1) is 10.2 Å². The van der Waals surface area contributed by atoms with Crippen molar-refractivity contribution in [3.8, 4) is 17.2 Å². The lowest BCUT2D eigenvalue weighted by Gasteiger charge is -2.05. The Bertz CT molecular complexity index is 835. The molecular weight excluding hydrogens is 361 g/mol. The smallest absolute Gasteiger partial charge is 0.247 e. The molecular formula is C18H17Cl2N3O2. The van der Waals surface area contributed by atoms with Crippen molar-refractivity contribution in [2.75, 3.05) is 13.7 Å². The van der Waals surface area contributed by atoms with Crippen LogP contribution >= 0.6 is 23.2 Å². The van der Waals surface area contributed by atoms with Gasteiger partial charge in [-0.05, 0) is 54.9 Å². The van der Waals surface area contributed by atoms with Gasteiger partial charge >= 0.3 is 0 Å². The number of benzene rings is 2. The molecule has 3 aromatic rings. The van der Waals surface area contributed by atoms with E-state index < -0.39 is 0 Å². The van der Waals surface area contributed by atoms with Gasteiger partial charge in [0.2, 0.25) is 11.8 Å². The second-order valence-corrected chi connectivity index (χ2v) is 6.24. The Morgan fingerprint density at radius 1 is 1.08 bits per heavy atom. The van der Waals surface area contributed by atoms with E-state index in [9.17, 15) is 0 Å². The van der Waals surface area contributed by atoms with E-state index in [0.29, 0.717) is 28.4 Å².